The molecule has 4 aliphatic rings. The van der Waals surface area contributed by atoms with Gasteiger partial charge in [0, 0.05) is 86.7 Å². The van der Waals surface area contributed by atoms with Gasteiger partial charge in [0.05, 0.1) is 49.0 Å². The molecule has 2 aromatic carbocycles. The Bertz CT molecular complexity index is 2620. The number of fused-ring (bicyclic) bond motifs is 2. The van der Waals surface area contributed by atoms with Gasteiger partial charge in [-0.2, -0.15) is 0 Å². The van der Waals surface area contributed by atoms with Gasteiger partial charge in [0.15, 0.2) is 0 Å². The lowest BCUT2D eigenvalue weighted by molar-refractivity contribution is 0.0240. The van der Waals surface area contributed by atoms with Crippen LogP contribution in [0.5, 0.6) is 11.5 Å². The molecule has 10 rings (SSSR count). The number of ether oxygens (including phenoxy) is 3. The summed E-state index contributed by atoms with van der Waals surface area (Å²) in [5, 5.41) is 12.0. The summed E-state index contributed by atoms with van der Waals surface area (Å²) in [5.74, 6) is 5.32. The molecule has 4 fully saturated rings. The van der Waals surface area contributed by atoms with Crippen LogP contribution in [-0.4, -0.2) is 113 Å². The van der Waals surface area contributed by atoms with Crippen LogP contribution in [0.25, 0.3) is 21.8 Å². The van der Waals surface area contributed by atoms with Crippen LogP contribution in [-0.2, 0) is 4.74 Å². The molecule has 2 saturated heterocycles. The minimum atomic E-state index is -0.486. The molecule has 6 heterocycles. The third kappa shape index (κ3) is 10.9. The number of aromatic nitrogens is 6. The van der Waals surface area contributed by atoms with Gasteiger partial charge in [0.2, 0.25) is 11.9 Å². The van der Waals surface area contributed by atoms with Crippen LogP contribution in [0, 0.1) is 0 Å². The highest BCUT2D eigenvalue weighted by atomic mass is 16.6. The maximum Gasteiger partial charge on any atom is 0.410 e. The van der Waals surface area contributed by atoms with Gasteiger partial charge in [-0.15, -0.1) is 0 Å². The number of carbonyl (C=O) groups is 1. The van der Waals surface area contributed by atoms with Gasteiger partial charge in [-0.1, -0.05) is 25.7 Å². The molecular weight excluding hydrogens is 845 g/mol. The quantitative estimate of drug-likeness (QED) is 0.119. The Labute approximate surface area is 393 Å². The molecule has 6 aromatic rings. The van der Waals surface area contributed by atoms with Crippen molar-refractivity contribution < 1.29 is 19.0 Å². The molecule has 0 atom stereocenters. The van der Waals surface area contributed by atoms with E-state index >= 15 is 0 Å². The number of amides is 1. The van der Waals surface area contributed by atoms with Crippen LogP contribution >= 0.6 is 0 Å². The maximum absolute atomic E-state index is 12.3. The van der Waals surface area contributed by atoms with E-state index in [0.29, 0.717) is 42.6 Å². The number of pyridine rings is 2. The fourth-order valence-corrected chi connectivity index (χ4v) is 9.82. The van der Waals surface area contributed by atoms with E-state index in [1.807, 2.05) is 88.0 Å². The summed E-state index contributed by atoms with van der Waals surface area (Å²) in [6.07, 6.45) is 17.0. The lowest BCUT2D eigenvalue weighted by atomic mass is 9.94. The van der Waals surface area contributed by atoms with Crippen molar-refractivity contribution in [1.82, 2.24) is 40.1 Å². The van der Waals surface area contributed by atoms with Gasteiger partial charge < -0.3 is 44.9 Å². The van der Waals surface area contributed by atoms with Crippen LogP contribution in [0.4, 0.5) is 39.7 Å². The Hall–Kier alpha value is -6.55. The first kappa shape index (κ1) is 45.6. The highest BCUT2D eigenvalue weighted by molar-refractivity contribution is 5.86. The van der Waals surface area contributed by atoms with Crippen LogP contribution in [0.15, 0.2) is 73.3 Å². The molecule has 3 N–H and O–H groups in total. The monoisotopic (exact) mass is 909 g/mol. The lowest BCUT2D eigenvalue weighted by Crippen LogP contribution is -2.50. The Morgan fingerprint density at radius 1 is 0.597 bits per heavy atom. The normalized spacial score (nSPS) is 17.1. The highest BCUT2D eigenvalue weighted by Crippen LogP contribution is 2.43. The highest BCUT2D eigenvalue weighted by Gasteiger charge is 2.28. The van der Waals surface area contributed by atoms with Crippen LogP contribution < -0.4 is 35.2 Å². The molecule has 16 nitrogen and oxygen atoms in total. The number of nitrogens with one attached hydrogen (secondary N) is 3. The lowest BCUT2D eigenvalue weighted by Gasteiger charge is -2.36. The van der Waals surface area contributed by atoms with E-state index in [4.69, 9.17) is 24.2 Å². The minimum absolute atomic E-state index is 0.256. The van der Waals surface area contributed by atoms with Crippen molar-refractivity contribution in [3.63, 3.8) is 0 Å². The molecule has 0 unspecified atom stereocenters. The second kappa shape index (κ2) is 20.5. The zero-order valence-corrected chi connectivity index (χ0v) is 39.6. The molecule has 0 radical (unpaired) electrons. The van der Waals surface area contributed by atoms with Crippen molar-refractivity contribution in [2.75, 3.05) is 87.0 Å². The zero-order valence-electron chi connectivity index (χ0n) is 39.6. The van der Waals surface area contributed by atoms with Crippen LogP contribution in [0.3, 0.4) is 0 Å². The second-order valence-electron chi connectivity index (χ2n) is 18.8. The molecule has 2 aliphatic heterocycles. The minimum Gasteiger partial charge on any atom is -0.496 e. The van der Waals surface area contributed by atoms with E-state index in [1.165, 1.54) is 49.7 Å². The van der Waals surface area contributed by atoms with Gasteiger partial charge in [0.25, 0.3) is 0 Å². The molecule has 16 heteroatoms. The summed E-state index contributed by atoms with van der Waals surface area (Å²) < 4.78 is 16.9. The van der Waals surface area contributed by atoms with Gasteiger partial charge in [-0.3, -0.25) is 0 Å². The van der Waals surface area contributed by atoms with Gasteiger partial charge in [-0.25, -0.2) is 34.7 Å². The number of methoxy groups -OCH3 is 2. The Balaban J connectivity index is 0.000000171. The predicted molar refractivity (Wildman–Crippen MR) is 265 cm³/mol. The summed E-state index contributed by atoms with van der Waals surface area (Å²) in [6, 6.07) is 16.2. The summed E-state index contributed by atoms with van der Waals surface area (Å²) in [4.78, 5) is 46.7. The number of hydrogen-bond donors (Lipinski definition) is 3. The van der Waals surface area contributed by atoms with Gasteiger partial charge in [-0.05, 0) is 107 Å². The average molecular weight is 909 g/mol. The average Bonchev–Trinajstić information content (AvgIpc) is 4.10. The first-order valence-electron chi connectivity index (χ1n) is 23.9. The van der Waals surface area contributed by atoms with Crippen molar-refractivity contribution in [2.45, 2.75) is 89.6 Å². The van der Waals surface area contributed by atoms with Crippen molar-refractivity contribution in [3.05, 3.63) is 84.4 Å². The molecule has 2 saturated carbocycles. The predicted octanol–water partition coefficient (Wildman–Crippen LogP) is 9.34. The number of nitrogens with zero attached hydrogens (tertiary/aromatic N) is 9. The molecule has 67 heavy (non-hydrogen) atoms. The largest absolute Gasteiger partial charge is 0.496 e. The fourth-order valence-electron chi connectivity index (χ4n) is 9.82. The van der Waals surface area contributed by atoms with E-state index in [-0.39, 0.29) is 6.09 Å². The van der Waals surface area contributed by atoms with E-state index in [1.54, 1.807) is 19.1 Å². The summed E-state index contributed by atoms with van der Waals surface area (Å²) in [6.45, 7) is 12.4. The third-order valence-corrected chi connectivity index (χ3v) is 13.2. The summed E-state index contributed by atoms with van der Waals surface area (Å²) in [5.41, 5.74) is 6.02. The second-order valence-corrected chi connectivity index (χ2v) is 18.8. The number of anilines is 6. The smallest absolute Gasteiger partial charge is 0.410 e. The number of piperazine rings is 2. The van der Waals surface area contributed by atoms with Crippen molar-refractivity contribution in [2.24, 2.45) is 0 Å². The van der Waals surface area contributed by atoms with E-state index in [0.717, 1.165) is 103 Å². The fraction of sp³-hybridized carbons (Fsp3) is 0.471. The van der Waals surface area contributed by atoms with Crippen molar-refractivity contribution in [3.8, 4) is 11.5 Å². The van der Waals surface area contributed by atoms with E-state index < -0.39 is 5.60 Å². The zero-order chi connectivity index (χ0) is 46.3. The number of benzene rings is 2. The third-order valence-electron chi connectivity index (χ3n) is 13.2. The Kier molecular flexibility index (Phi) is 14.0. The Morgan fingerprint density at radius 3 is 1.48 bits per heavy atom. The molecule has 352 valence electrons. The number of carbonyl (C=O) groups excluding carboxylic acids is 1. The topological polar surface area (TPSA) is 168 Å². The molecule has 0 spiro atoms. The number of hydrogen-bond acceptors (Lipinski definition) is 15. The Morgan fingerprint density at radius 2 is 1.06 bits per heavy atom. The molecule has 2 aliphatic carbocycles. The maximum atomic E-state index is 12.3. The van der Waals surface area contributed by atoms with E-state index in [9.17, 15) is 4.79 Å². The molecule has 1 amide bonds. The van der Waals surface area contributed by atoms with Crippen molar-refractivity contribution >= 4 is 62.8 Å². The molecule has 0 bridgehead atoms. The van der Waals surface area contributed by atoms with Gasteiger partial charge in [0.1, 0.15) is 28.7 Å². The molecular formula is C51H64N12O4. The van der Waals surface area contributed by atoms with Crippen LogP contribution in [0.1, 0.15) is 95.1 Å². The summed E-state index contributed by atoms with van der Waals surface area (Å²) >= 11 is 0. The van der Waals surface area contributed by atoms with Gasteiger partial charge >= 0.3 is 6.09 Å². The first-order chi connectivity index (χ1) is 32.6. The van der Waals surface area contributed by atoms with E-state index in [2.05, 4.69) is 51.8 Å². The standard InChI is InChI=1S/C28H36N6O3.C23H28N6O/c1-28(2,3)37-27(35)34-15-13-33(14-16-34)21-10-12-23(29-18-21)31-26-30-17-20-9-11-22(36-4)24(25(20)32-26)19-7-5-6-8-19;1-30-19-8-6-17-14-26-23(28-22(17)21(19)16-4-2-3-5-16)27-20-9-7-18(15-25-20)29-12-10-24-11-13-29/h9-12,17-19H,5-8,13-16H2,1-4H3,(H,29,30,31,32);6-9,14-16,24H,2-5,10-13H2,1H3,(H,25,26,27,28). The SMILES string of the molecule is COc1ccc2cnc(Nc3ccc(N4CCN(C(=O)OC(C)(C)C)CC4)cn3)nc2c1C1CCCC1.COc1ccc2cnc(Nc3ccc(N4CCNCC4)cn3)nc2c1C1CCCC1. The first-order valence-corrected chi connectivity index (χ1v) is 23.9. The summed E-state index contributed by atoms with van der Waals surface area (Å²) in [7, 11) is 3.46. The van der Waals surface area contributed by atoms with Crippen LogP contribution in [0.2, 0.25) is 0 Å². The molecule has 4 aromatic heterocycles. The van der Waals surface area contributed by atoms with Crippen molar-refractivity contribution in [1.29, 1.82) is 0 Å². The number of rotatable bonds is 10.